The van der Waals surface area contributed by atoms with Gasteiger partial charge >= 0.3 is 6.18 Å². The molecule has 1 heterocycles. The SMILES string of the molecule is NCCc1cc(=O)[nH]c(-c2cccc(C(F)(F)F)c2)n1. The van der Waals surface area contributed by atoms with Crippen molar-refractivity contribution in [1.29, 1.82) is 0 Å². The molecule has 0 saturated heterocycles. The lowest BCUT2D eigenvalue weighted by molar-refractivity contribution is -0.137. The van der Waals surface area contributed by atoms with Gasteiger partial charge in [0.15, 0.2) is 0 Å². The van der Waals surface area contributed by atoms with Crippen molar-refractivity contribution < 1.29 is 13.2 Å². The first kappa shape index (κ1) is 14.3. The van der Waals surface area contributed by atoms with Crippen LogP contribution in [0.5, 0.6) is 0 Å². The highest BCUT2D eigenvalue weighted by molar-refractivity contribution is 5.56. The molecule has 0 radical (unpaired) electrons. The third-order valence-corrected chi connectivity index (χ3v) is 2.66. The van der Waals surface area contributed by atoms with Crippen LogP contribution in [0.15, 0.2) is 35.1 Å². The van der Waals surface area contributed by atoms with Crippen LogP contribution in [0, 0.1) is 0 Å². The maximum atomic E-state index is 12.7. The predicted octanol–water partition coefficient (Wildman–Crippen LogP) is 1.96. The van der Waals surface area contributed by atoms with Crippen molar-refractivity contribution in [3.05, 3.63) is 51.9 Å². The second-order valence-corrected chi connectivity index (χ2v) is 4.20. The molecular formula is C13H12F3N3O. The van der Waals surface area contributed by atoms with Crippen molar-refractivity contribution in [2.45, 2.75) is 12.6 Å². The molecule has 0 aliphatic heterocycles. The molecule has 0 atom stereocenters. The summed E-state index contributed by atoms with van der Waals surface area (Å²) in [6, 6.07) is 5.92. The molecule has 0 spiro atoms. The van der Waals surface area contributed by atoms with Gasteiger partial charge < -0.3 is 10.7 Å². The molecule has 0 saturated carbocycles. The minimum absolute atomic E-state index is 0.104. The average Bonchev–Trinajstić information content (AvgIpc) is 2.37. The molecule has 1 aromatic carbocycles. The molecule has 106 valence electrons. The summed E-state index contributed by atoms with van der Waals surface area (Å²) >= 11 is 0. The van der Waals surface area contributed by atoms with Crippen molar-refractivity contribution in [1.82, 2.24) is 9.97 Å². The van der Waals surface area contributed by atoms with Gasteiger partial charge in [0.2, 0.25) is 0 Å². The summed E-state index contributed by atoms with van der Waals surface area (Å²) in [7, 11) is 0. The standard InChI is InChI=1S/C13H12F3N3O/c14-13(15,16)9-3-1-2-8(6-9)12-18-10(4-5-17)7-11(20)19-12/h1-3,6-7H,4-5,17H2,(H,18,19,20). The van der Waals surface area contributed by atoms with Gasteiger partial charge in [0, 0.05) is 23.7 Å². The van der Waals surface area contributed by atoms with Gasteiger partial charge in [-0.3, -0.25) is 4.79 Å². The smallest absolute Gasteiger partial charge is 0.330 e. The minimum Gasteiger partial charge on any atom is -0.330 e. The van der Waals surface area contributed by atoms with E-state index in [9.17, 15) is 18.0 Å². The van der Waals surface area contributed by atoms with Crippen molar-refractivity contribution >= 4 is 0 Å². The van der Waals surface area contributed by atoms with Crippen molar-refractivity contribution in [3.63, 3.8) is 0 Å². The fraction of sp³-hybridized carbons (Fsp3) is 0.231. The summed E-state index contributed by atoms with van der Waals surface area (Å²) in [6.07, 6.45) is -4.05. The van der Waals surface area contributed by atoms with Crippen molar-refractivity contribution in [2.24, 2.45) is 5.73 Å². The summed E-state index contributed by atoms with van der Waals surface area (Å²) < 4.78 is 38.0. The van der Waals surface area contributed by atoms with Gasteiger partial charge in [-0.05, 0) is 18.7 Å². The van der Waals surface area contributed by atoms with Gasteiger partial charge in [-0.15, -0.1) is 0 Å². The Hall–Kier alpha value is -2.15. The van der Waals surface area contributed by atoms with E-state index in [0.29, 0.717) is 18.7 Å². The number of hydrogen-bond donors (Lipinski definition) is 2. The zero-order chi connectivity index (χ0) is 14.8. The molecule has 0 aliphatic carbocycles. The molecular weight excluding hydrogens is 271 g/mol. The fourth-order valence-corrected chi connectivity index (χ4v) is 1.76. The van der Waals surface area contributed by atoms with Gasteiger partial charge in [-0.25, -0.2) is 4.98 Å². The Morgan fingerprint density at radius 1 is 1.25 bits per heavy atom. The van der Waals surface area contributed by atoms with E-state index in [1.54, 1.807) is 0 Å². The van der Waals surface area contributed by atoms with Gasteiger partial charge in [0.1, 0.15) is 5.82 Å². The lowest BCUT2D eigenvalue weighted by Crippen LogP contribution is -2.13. The Kier molecular flexibility index (Phi) is 3.89. The molecule has 0 bridgehead atoms. The quantitative estimate of drug-likeness (QED) is 0.904. The summed E-state index contributed by atoms with van der Waals surface area (Å²) in [4.78, 5) is 18.0. The third kappa shape index (κ3) is 3.24. The number of nitrogens with zero attached hydrogens (tertiary/aromatic N) is 1. The zero-order valence-electron chi connectivity index (χ0n) is 10.4. The predicted molar refractivity (Wildman–Crippen MR) is 68.1 cm³/mol. The highest BCUT2D eigenvalue weighted by atomic mass is 19.4. The average molecular weight is 283 g/mol. The van der Waals surface area contributed by atoms with Crippen LogP contribution in [-0.4, -0.2) is 16.5 Å². The Labute approximate surface area is 112 Å². The highest BCUT2D eigenvalue weighted by Gasteiger charge is 2.30. The Morgan fingerprint density at radius 2 is 2.00 bits per heavy atom. The summed E-state index contributed by atoms with van der Waals surface area (Å²) in [5, 5.41) is 0. The topological polar surface area (TPSA) is 71.8 Å². The molecule has 0 fully saturated rings. The number of aromatic amines is 1. The lowest BCUT2D eigenvalue weighted by atomic mass is 10.1. The van der Waals surface area contributed by atoms with Crippen LogP contribution in [0.1, 0.15) is 11.3 Å². The first-order valence-electron chi connectivity index (χ1n) is 5.88. The number of rotatable bonds is 3. The molecule has 0 unspecified atom stereocenters. The molecule has 2 aromatic rings. The normalized spacial score (nSPS) is 11.6. The summed E-state index contributed by atoms with van der Waals surface area (Å²) in [5.74, 6) is 0.104. The number of nitrogens with one attached hydrogen (secondary N) is 1. The maximum Gasteiger partial charge on any atom is 0.416 e. The number of alkyl halides is 3. The molecule has 0 amide bonds. The van der Waals surface area contributed by atoms with Crippen molar-refractivity contribution in [3.8, 4) is 11.4 Å². The van der Waals surface area contributed by atoms with Gasteiger partial charge in [-0.1, -0.05) is 12.1 Å². The van der Waals surface area contributed by atoms with Crippen LogP contribution in [-0.2, 0) is 12.6 Å². The van der Waals surface area contributed by atoms with Gasteiger partial charge in [-0.2, -0.15) is 13.2 Å². The van der Waals surface area contributed by atoms with Crippen LogP contribution in [0.3, 0.4) is 0 Å². The van der Waals surface area contributed by atoms with Crippen LogP contribution in [0.2, 0.25) is 0 Å². The molecule has 7 heteroatoms. The van der Waals surface area contributed by atoms with E-state index in [1.807, 2.05) is 0 Å². The van der Waals surface area contributed by atoms with E-state index in [-0.39, 0.29) is 11.4 Å². The number of aromatic nitrogens is 2. The second-order valence-electron chi connectivity index (χ2n) is 4.20. The van der Waals surface area contributed by atoms with E-state index in [1.165, 1.54) is 18.2 Å². The largest absolute Gasteiger partial charge is 0.416 e. The van der Waals surface area contributed by atoms with Crippen LogP contribution in [0.25, 0.3) is 11.4 Å². The molecule has 20 heavy (non-hydrogen) atoms. The molecule has 2 rings (SSSR count). The number of H-pyrrole nitrogens is 1. The van der Waals surface area contributed by atoms with E-state index in [0.717, 1.165) is 12.1 Å². The van der Waals surface area contributed by atoms with Crippen LogP contribution in [0.4, 0.5) is 13.2 Å². The number of benzene rings is 1. The summed E-state index contributed by atoms with van der Waals surface area (Å²) in [6.45, 7) is 0.304. The molecule has 0 aliphatic rings. The van der Waals surface area contributed by atoms with Gasteiger partial charge in [0.05, 0.1) is 5.56 Å². The number of nitrogens with two attached hydrogens (primary N) is 1. The minimum atomic E-state index is -4.44. The number of halogens is 3. The maximum absolute atomic E-state index is 12.7. The van der Waals surface area contributed by atoms with E-state index < -0.39 is 17.3 Å². The van der Waals surface area contributed by atoms with Crippen LogP contribution < -0.4 is 11.3 Å². The highest BCUT2D eigenvalue weighted by Crippen LogP contribution is 2.31. The van der Waals surface area contributed by atoms with Crippen LogP contribution >= 0.6 is 0 Å². The zero-order valence-corrected chi connectivity index (χ0v) is 10.4. The molecule has 1 aromatic heterocycles. The lowest BCUT2D eigenvalue weighted by Gasteiger charge is -2.09. The van der Waals surface area contributed by atoms with Gasteiger partial charge in [0.25, 0.3) is 5.56 Å². The first-order chi connectivity index (χ1) is 9.40. The van der Waals surface area contributed by atoms with E-state index in [4.69, 9.17) is 5.73 Å². The Balaban J connectivity index is 2.49. The Morgan fingerprint density at radius 3 is 2.65 bits per heavy atom. The van der Waals surface area contributed by atoms with E-state index >= 15 is 0 Å². The first-order valence-corrected chi connectivity index (χ1v) is 5.88. The third-order valence-electron chi connectivity index (χ3n) is 2.66. The molecule has 3 N–H and O–H groups in total. The summed E-state index contributed by atoms with van der Waals surface area (Å²) in [5.41, 5.74) is 4.82. The second kappa shape index (κ2) is 5.46. The van der Waals surface area contributed by atoms with Crippen molar-refractivity contribution in [2.75, 3.05) is 6.54 Å². The van der Waals surface area contributed by atoms with E-state index in [2.05, 4.69) is 9.97 Å². The fourth-order valence-electron chi connectivity index (χ4n) is 1.76. The number of hydrogen-bond acceptors (Lipinski definition) is 3. The monoisotopic (exact) mass is 283 g/mol. The molecule has 4 nitrogen and oxygen atoms in total. The Bertz CT molecular complexity index is 664.